The van der Waals surface area contributed by atoms with Gasteiger partial charge in [-0.25, -0.2) is 19.3 Å². The fourth-order valence-electron chi connectivity index (χ4n) is 3.36. The zero-order valence-electron chi connectivity index (χ0n) is 18.5. The lowest BCUT2D eigenvalue weighted by Gasteiger charge is -2.15. The Morgan fingerprint density at radius 2 is 1.97 bits per heavy atom. The number of rotatable bonds is 10. The second-order valence-electron chi connectivity index (χ2n) is 7.06. The normalized spacial score (nSPS) is 13.8. The summed E-state index contributed by atoms with van der Waals surface area (Å²) >= 11 is 6.27. The number of benzene rings is 2. The number of hydrogen-bond acceptors (Lipinski definition) is 11. The van der Waals surface area contributed by atoms with Crippen molar-refractivity contribution in [2.24, 2.45) is 0 Å². The van der Waals surface area contributed by atoms with Crippen molar-refractivity contribution in [1.82, 2.24) is 15.4 Å². The molecule has 3 aromatic rings. The molecule has 4 rings (SSSR count). The monoisotopic (exact) mass is 555 g/mol. The van der Waals surface area contributed by atoms with E-state index in [-0.39, 0.29) is 28.4 Å². The van der Waals surface area contributed by atoms with E-state index in [2.05, 4.69) is 30.4 Å². The van der Waals surface area contributed by atoms with Gasteiger partial charge in [0.15, 0.2) is 11.6 Å². The van der Waals surface area contributed by atoms with Crippen molar-refractivity contribution in [2.45, 2.75) is 6.42 Å². The van der Waals surface area contributed by atoms with Gasteiger partial charge in [-0.3, -0.25) is 14.2 Å². The molecule has 0 saturated heterocycles. The van der Waals surface area contributed by atoms with Crippen molar-refractivity contribution in [3.05, 3.63) is 58.7 Å². The van der Waals surface area contributed by atoms with Crippen molar-refractivity contribution in [2.75, 3.05) is 24.4 Å². The summed E-state index contributed by atoms with van der Waals surface area (Å²) in [6.07, 6.45) is 1.91. The molecule has 1 aliphatic rings. The average Bonchev–Trinajstić information content (AvgIpc) is 3.33. The van der Waals surface area contributed by atoms with Crippen molar-refractivity contribution in [3.63, 3.8) is 0 Å². The predicted octanol–water partition coefficient (Wildman–Crippen LogP) is 4.01. The zero-order valence-corrected chi connectivity index (χ0v) is 21.3. The number of ether oxygens (including phenoxy) is 1. The van der Waals surface area contributed by atoms with Crippen LogP contribution in [0.15, 0.2) is 42.6 Å². The van der Waals surface area contributed by atoms with Gasteiger partial charge in [0.2, 0.25) is 5.95 Å². The van der Waals surface area contributed by atoms with E-state index in [0.29, 0.717) is 35.7 Å². The van der Waals surface area contributed by atoms with Crippen LogP contribution in [0.5, 0.6) is 11.5 Å². The number of carbonyl (C=O) groups excluding carboxylic acids is 1. The molecule has 0 spiro atoms. The Hall–Kier alpha value is -3.18. The molecule has 0 bridgehead atoms. The van der Waals surface area contributed by atoms with Crippen LogP contribution in [0.2, 0.25) is 5.02 Å². The quantitative estimate of drug-likeness (QED) is 0.210. The second kappa shape index (κ2) is 11.7. The molecular formula is C20H20ClN5O8P2. The molecule has 2 unspecified atom stereocenters. The summed E-state index contributed by atoms with van der Waals surface area (Å²) in [5, 5.41) is 6.19. The molecule has 1 aromatic heterocycles. The number of nitrogens with zero attached hydrogens (tertiary/aromatic N) is 2. The number of carbonyl (C=O) groups is 1. The van der Waals surface area contributed by atoms with Crippen LogP contribution in [0.25, 0.3) is 0 Å². The van der Waals surface area contributed by atoms with Gasteiger partial charge in [-0.05, 0) is 24.3 Å². The number of amides is 1. The molecule has 0 fully saturated rings. The third-order valence-electron chi connectivity index (χ3n) is 4.79. The van der Waals surface area contributed by atoms with Crippen LogP contribution in [-0.2, 0) is 24.7 Å². The van der Waals surface area contributed by atoms with Crippen LogP contribution in [0.4, 0.5) is 23.1 Å². The molecule has 1 amide bonds. The first-order chi connectivity index (χ1) is 17.4. The first-order valence-corrected chi connectivity index (χ1v) is 13.1. The van der Waals surface area contributed by atoms with Crippen molar-refractivity contribution >= 4 is 57.2 Å². The number of para-hydroxylation sites is 2. The number of aromatic nitrogens is 2. The van der Waals surface area contributed by atoms with Gasteiger partial charge in [0, 0.05) is 17.5 Å². The van der Waals surface area contributed by atoms with Gasteiger partial charge in [0.05, 0.1) is 31.3 Å². The maximum Gasteiger partial charge on any atom is 0.374 e. The molecule has 1 aliphatic heterocycles. The van der Waals surface area contributed by atoms with E-state index in [0.717, 1.165) is 5.56 Å². The van der Waals surface area contributed by atoms with Crippen LogP contribution in [0, 0.1) is 0 Å². The number of hydrogen-bond donors (Lipinski definition) is 4. The average molecular weight is 556 g/mol. The van der Waals surface area contributed by atoms with Crippen molar-refractivity contribution in [3.8, 4) is 11.5 Å². The minimum absolute atomic E-state index is 0.0879. The first kappa shape index (κ1) is 25.9. The highest BCUT2D eigenvalue weighted by Crippen LogP contribution is 2.41. The molecule has 16 heteroatoms. The smallest absolute Gasteiger partial charge is 0.374 e. The molecule has 0 saturated carbocycles. The Morgan fingerprint density at radius 1 is 1.17 bits per heavy atom. The van der Waals surface area contributed by atoms with Gasteiger partial charge in [0.1, 0.15) is 10.8 Å². The highest BCUT2D eigenvalue weighted by atomic mass is 35.5. The van der Waals surface area contributed by atoms with Gasteiger partial charge >= 0.3 is 16.5 Å². The SMILES string of the molecule is CONC(=O)c1ccc(Nc2ncc(Cl)c(Nc3ccccc3O[PH](=O)O[PH](=O)O)n2)c2c1CCO2. The fourth-order valence-corrected chi connectivity index (χ4v) is 4.59. The van der Waals surface area contributed by atoms with Gasteiger partial charge in [-0.15, -0.1) is 0 Å². The number of nitrogens with one attached hydrogen (secondary N) is 3. The van der Waals surface area contributed by atoms with E-state index in [1.807, 2.05) is 0 Å². The summed E-state index contributed by atoms with van der Waals surface area (Å²) in [6.45, 7) is 0.407. The Labute approximate surface area is 211 Å². The van der Waals surface area contributed by atoms with Crippen molar-refractivity contribution in [1.29, 1.82) is 0 Å². The largest absolute Gasteiger partial charge is 0.491 e. The van der Waals surface area contributed by atoms with E-state index >= 15 is 0 Å². The topological polar surface area (TPSA) is 170 Å². The molecule has 13 nitrogen and oxygen atoms in total. The van der Waals surface area contributed by atoms with Crippen LogP contribution < -0.4 is 25.4 Å². The second-order valence-corrected chi connectivity index (χ2v) is 9.52. The van der Waals surface area contributed by atoms with Crippen LogP contribution in [-0.4, -0.2) is 34.5 Å². The van der Waals surface area contributed by atoms with E-state index in [1.165, 1.54) is 19.4 Å². The van der Waals surface area contributed by atoms with Gasteiger partial charge < -0.3 is 24.8 Å². The number of anilines is 4. The Bertz CT molecular complexity index is 1350. The van der Waals surface area contributed by atoms with E-state index in [4.69, 9.17) is 30.6 Å². The summed E-state index contributed by atoms with van der Waals surface area (Å²) < 4.78 is 37.8. The molecular weight excluding hydrogens is 536 g/mol. The first-order valence-electron chi connectivity index (χ1n) is 10.3. The summed E-state index contributed by atoms with van der Waals surface area (Å²) in [5.41, 5.74) is 4.31. The molecule has 2 aromatic carbocycles. The highest BCUT2D eigenvalue weighted by molar-refractivity contribution is 7.47. The molecule has 0 radical (unpaired) electrons. The maximum absolute atomic E-state index is 12.3. The Morgan fingerprint density at radius 3 is 2.75 bits per heavy atom. The molecule has 36 heavy (non-hydrogen) atoms. The molecule has 0 aliphatic carbocycles. The fraction of sp³-hybridized carbons (Fsp3) is 0.150. The minimum Gasteiger partial charge on any atom is -0.491 e. The lowest BCUT2D eigenvalue weighted by Crippen LogP contribution is -2.23. The lowest BCUT2D eigenvalue weighted by atomic mass is 10.0. The third-order valence-corrected chi connectivity index (χ3v) is 6.82. The van der Waals surface area contributed by atoms with Crippen LogP contribution >= 0.6 is 28.1 Å². The Balaban J connectivity index is 1.57. The number of fused-ring (bicyclic) bond motifs is 1. The summed E-state index contributed by atoms with van der Waals surface area (Å²) in [6, 6.07) is 9.68. The van der Waals surface area contributed by atoms with Gasteiger partial charge in [0.25, 0.3) is 5.91 Å². The maximum atomic E-state index is 12.3. The molecule has 2 atom stereocenters. The summed E-state index contributed by atoms with van der Waals surface area (Å²) in [7, 11) is -5.35. The van der Waals surface area contributed by atoms with E-state index in [9.17, 15) is 13.9 Å². The lowest BCUT2D eigenvalue weighted by molar-refractivity contribution is 0.0537. The number of hydroxylamine groups is 1. The summed E-state index contributed by atoms with van der Waals surface area (Å²) in [5.74, 6) is 0.558. The standard InChI is InChI=1S/C20H20ClN5O8P2/c1-31-26-19(27)12-6-7-15(17-11(12)8-9-32-17)24-20-22-10-13(21)18(25-20)23-14-4-2-3-5-16(14)33-36(30)34-35(28)29/h2-7,10,35-36H,8-9H2,1H3,(H,26,27)(H,28,29)(H2,22,23,24,25). The van der Waals surface area contributed by atoms with Gasteiger partial charge in [-0.1, -0.05) is 23.7 Å². The van der Waals surface area contributed by atoms with E-state index in [1.54, 1.807) is 30.3 Å². The highest BCUT2D eigenvalue weighted by Gasteiger charge is 2.24. The third kappa shape index (κ3) is 6.14. The predicted molar refractivity (Wildman–Crippen MR) is 132 cm³/mol. The Kier molecular flexibility index (Phi) is 8.42. The zero-order chi connectivity index (χ0) is 25.7. The van der Waals surface area contributed by atoms with Crippen molar-refractivity contribution < 1.29 is 37.2 Å². The molecule has 4 N–H and O–H groups in total. The van der Waals surface area contributed by atoms with Crippen LogP contribution in [0.3, 0.4) is 0 Å². The van der Waals surface area contributed by atoms with E-state index < -0.39 is 16.5 Å². The van der Waals surface area contributed by atoms with Crippen LogP contribution in [0.1, 0.15) is 15.9 Å². The number of halogens is 1. The molecule has 190 valence electrons. The summed E-state index contributed by atoms with van der Waals surface area (Å²) in [4.78, 5) is 34.3. The van der Waals surface area contributed by atoms with Gasteiger partial charge in [-0.2, -0.15) is 4.98 Å². The molecule has 2 heterocycles. The minimum atomic E-state index is -3.43.